The standard InChI is InChI=1S/C22H27FN2O4/c1-3-29-20-9-6-17(14-21(20)27-2)22(26)24-15-19(25-10-12-28-13-11-25)16-4-7-18(23)8-5-16/h4-9,14,19H,3,10-13,15H2,1-2H3,(H,24,26). The number of methoxy groups -OCH3 is 1. The van der Waals surface area contributed by atoms with Crippen molar-refractivity contribution < 1.29 is 23.4 Å². The minimum atomic E-state index is -0.278. The van der Waals surface area contributed by atoms with Crippen LogP contribution in [0.15, 0.2) is 42.5 Å². The average molecular weight is 402 g/mol. The number of carbonyl (C=O) groups excluding carboxylic acids is 1. The molecule has 6 nitrogen and oxygen atoms in total. The molecule has 0 saturated carbocycles. The largest absolute Gasteiger partial charge is 0.493 e. The molecule has 1 fully saturated rings. The molecule has 1 atom stereocenters. The summed E-state index contributed by atoms with van der Waals surface area (Å²) in [5, 5.41) is 3.00. The number of halogens is 1. The van der Waals surface area contributed by atoms with E-state index in [9.17, 15) is 9.18 Å². The minimum absolute atomic E-state index is 0.0620. The molecule has 156 valence electrons. The van der Waals surface area contributed by atoms with Gasteiger partial charge in [-0.2, -0.15) is 0 Å². The molecule has 29 heavy (non-hydrogen) atoms. The van der Waals surface area contributed by atoms with Crippen molar-refractivity contribution in [1.82, 2.24) is 10.2 Å². The average Bonchev–Trinajstić information content (AvgIpc) is 2.76. The normalized spacial score (nSPS) is 15.6. The van der Waals surface area contributed by atoms with E-state index in [2.05, 4.69) is 10.2 Å². The van der Waals surface area contributed by atoms with Crippen molar-refractivity contribution in [2.45, 2.75) is 13.0 Å². The highest BCUT2D eigenvalue weighted by Gasteiger charge is 2.23. The Morgan fingerprint density at radius 3 is 2.55 bits per heavy atom. The number of nitrogens with one attached hydrogen (secondary N) is 1. The summed E-state index contributed by atoms with van der Waals surface area (Å²) in [6.45, 7) is 5.61. The lowest BCUT2D eigenvalue weighted by atomic mass is 10.0. The number of amides is 1. The molecule has 0 aromatic heterocycles. The molecule has 2 aromatic rings. The van der Waals surface area contributed by atoms with Gasteiger partial charge in [0, 0.05) is 25.2 Å². The van der Waals surface area contributed by atoms with Crippen LogP contribution < -0.4 is 14.8 Å². The summed E-state index contributed by atoms with van der Waals surface area (Å²) in [5.74, 6) is 0.638. The van der Waals surface area contributed by atoms with Crippen molar-refractivity contribution in [3.05, 3.63) is 59.4 Å². The fourth-order valence-corrected chi connectivity index (χ4v) is 3.41. The van der Waals surface area contributed by atoms with Gasteiger partial charge in [-0.3, -0.25) is 9.69 Å². The Balaban J connectivity index is 1.73. The van der Waals surface area contributed by atoms with E-state index in [1.807, 2.05) is 6.92 Å². The van der Waals surface area contributed by atoms with Crippen LogP contribution in [0.4, 0.5) is 4.39 Å². The molecule has 1 amide bonds. The van der Waals surface area contributed by atoms with Gasteiger partial charge in [-0.05, 0) is 42.8 Å². The van der Waals surface area contributed by atoms with Crippen molar-refractivity contribution in [1.29, 1.82) is 0 Å². The number of rotatable bonds is 8. The van der Waals surface area contributed by atoms with Gasteiger partial charge in [-0.1, -0.05) is 12.1 Å². The maximum atomic E-state index is 13.4. The number of carbonyl (C=O) groups is 1. The summed E-state index contributed by atoms with van der Waals surface area (Å²) >= 11 is 0. The highest BCUT2D eigenvalue weighted by molar-refractivity contribution is 5.94. The second-order valence-electron chi connectivity index (χ2n) is 6.72. The molecule has 0 spiro atoms. The van der Waals surface area contributed by atoms with E-state index in [0.29, 0.717) is 43.4 Å². The molecular weight excluding hydrogens is 375 g/mol. The quantitative estimate of drug-likeness (QED) is 0.736. The first-order valence-electron chi connectivity index (χ1n) is 9.78. The Bertz CT molecular complexity index is 807. The third kappa shape index (κ3) is 5.46. The zero-order valence-corrected chi connectivity index (χ0v) is 16.8. The smallest absolute Gasteiger partial charge is 0.251 e. The van der Waals surface area contributed by atoms with E-state index >= 15 is 0 Å². The van der Waals surface area contributed by atoms with Crippen molar-refractivity contribution in [2.75, 3.05) is 46.6 Å². The van der Waals surface area contributed by atoms with Gasteiger partial charge in [0.1, 0.15) is 5.82 Å². The van der Waals surface area contributed by atoms with Crippen LogP contribution in [-0.4, -0.2) is 57.4 Å². The van der Waals surface area contributed by atoms with Crippen LogP contribution in [0.25, 0.3) is 0 Å². The second-order valence-corrected chi connectivity index (χ2v) is 6.72. The predicted molar refractivity (Wildman–Crippen MR) is 108 cm³/mol. The molecule has 1 aliphatic heterocycles. The number of hydrogen-bond donors (Lipinski definition) is 1. The van der Waals surface area contributed by atoms with Crippen LogP contribution in [0, 0.1) is 5.82 Å². The summed E-state index contributed by atoms with van der Waals surface area (Å²) in [5.41, 5.74) is 1.45. The highest BCUT2D eigenvalue weighted by Crippen LogP contribution is 2.28. The maximum Gasteiger partial charge on any atom is 0.251 e. The molecule has 0 bridgehead atoms. The molecule has 1 saturated heterocycles. The fraction of sp³-hybridized carbons (Fsp3) is 0.409. The van der Waals surface area contributed by atoms with Crippen LogP contribution >= 0.6 is 0 Å². The molecular formula is C22H27FN2O4. The molecule has 1 N–H and O–H groups in total. The number of ether oxygens (including phenoxy) is 3. The lowest BCUT2D eigenvalue weighted by molar-refractivity contribution is 0.0162. The third-order valence-electron chi connectivity index (χ3n) is 4.92. The van der Waals surface area contributed by atoms with Gasteiger partial charge in [-0.15, -0.1) is 0 Å². The number of nitrogens with zero attached hydrogens (tertiary/aromatic N) is 1. The van der Waals surface area contributed by atoms with Crippen LogP contribution in [0.3, 0.4) is 0 Å². The zero-order chi connectivity index (χ0) is 20.6. The minimum Gasteiger partial charge on any atom is -0.493 e. The van der Waals surface area contributed by atoms with Crippen molar-refractivity contribution in [2.24, 2.45) is 0 Å². The van der Waals surface area contributed by atoms with Crippen LogP contribution in [0.2, 0.25) is 0 Å². The van der Waals surface area contributed by atoms with Gasteiger partial charge in [0.25, 0.3) is 5.91 Å². The summed E-state index contributed by atoms with van der Waals surface area (Å²) < 4.78 is 29.6. The van der Waals surface area contributed by atoms with E-state index < -0.39 is 0 Å². The first-order valence-corrected chi connectivity index (χ1v) is 9.78. The van der Waals surface area contributed by atoms with Crippen molar-refractivity contribution in [3.63, 3.8) is 0 Å². The van der Waals surface area contributed by atoms with E-state index in [1.54, 1.807) is 37.4 Å². The number of morpholine rings is 1. The topological polar surface area (TPSA) is 60.0 Å². The molecule has 1 heterocycles. The monoisotopic (exact) mass is 402 g/mol. The fourth-order valence-electron chi connectivity index (χ4n) is 3.41. The Morgan fingerprint density at radius 2 is 1.90 bits per heavy atom. The van der Waals surface area contributed by atoms with Crippen LogP contribution in [0.5, 0.6) is 11.5 Å². The predicted octanol–water partition coefficient (Wildman–Crippen LogP) is 3.04. The Labute approximate surface area is 170 Å². The van der Waals surface area contributed by atoms with E-state index in [4.69, 9.17) is 14.2 Å². The third-order valence-corrected chi connectivity index (χ3v) is 4.92. The Morgan fingerprint density at radius 1 is 1.17 bits per heavy atom. The Hall–Kier alpha value is -2.64. The molecule has 1 unspecified atom stereocenters. The molecule has 0 radical (unpaired) electrons. The van der Waals surface area contributed by atoms with Gasteiger partial charge < -0.3 is 19.5 Å². The Kier molecular flexibility index (Phi) is 7.43. The molecule has 1 aliphatic rings. The lowest BCUT2D eigenvalue weighted by Gasteiger charge is -2.35. The maximum absolute atomic E-state index is 13.4. The van der Waals surface area contributed by atoms with Gasteiger partial charge in [0.15, 0.2) is 11.5 Å². The van der Waals surface area contributed by atoms with Gasteiger partial charge in [0.05, 0.1) is 33.0 Å². The summed E-state index contributed by atoms with van der Waals surface area (Å²) in [4.78, 5) is 15.0. The SMILES string of the molecule is CCOc1ccc(C(=O)NCC(c2ccc(F)cc2)N2CCOCC2)cc1OC. The van der Waals surface area contributed by atoms with Crippen molar-refractivity contribution in [3.8, 4) is 11.5 Å². The van der Waals surface area contributed by atoms with Gasteiger partial charge >= 0.3 is 0 Å². The first-order chi connectivity index (χ1) is 14.1. The van der Waals surface area contributed by atoms with E-state index in [-0.39, 0.29) is 17.8 Å². The highest BCUT2D eigenvalue weighted by atomic mass is 19.1. The summed E-state index contributed by atoms with van der Waals surface area (Å²) in [6, 6.07) is 11.5. The first kappa shape index (κ1) is 21.1. The van der Waals surface area contributed by atoms with Crippen molar-refractivity contribution >= 4 is 5.91 Å². The summed E-state index contributed by atoms with van der Waals surface area (Å²) in [7, 11) is 1.54. The second kappa shape index (κ2) is 10.2. The van der Waals surface area contributed by atoms with E-state index in [1.165, 1.54) is 12.1 Å². The van der Waals surface area contributed by atoms with Crippen LogP contribution in [0.1, 0.15) is 28.9 Å². The van der Waals surface area contributed by atoms with Crippen LogP contribution in [-0.2, 0) is 4.74 Å². The van der Waals surface area contributed by atoms with Gasteiger partial charge in [0.2, 0.25) is 0 Å². The van der Waals surface area contributed by atoms with Gasteiger partial charge in [-0.25, -0.2) is 4.39 Å². The summed E-state index contributed by atoms with van der Waals surface area (Å²) in [6.07, 6.45) is 0. The molecule has 7 heteroatoms. The zero-order valence-electron chi connectivity index (χ0n) is 16.8. The number of hydrogen-bond acceptors (Lipinski definition) is 5. The van der Waals surface area contributed by atoms with E-state index in [0.717, 1.165) is 18.7 Å². The molecule has 3 rings (SSSR count). The molecule has 0 aliphatic carbocycles. The number of benzene rings is 2. The lowest BCUT2D eigenvalue weighted by Crippen LogP contribution is -2.43. The molecule has 2 aromatic carbocycles.